The van der Waals surface area contributed by atoms with Crippen LogP contribution in [0.3, 0.4) is 0 Å². The lowest BCUT2D eigenvalue weighted by Gasteiger charge is -2.13. The van der Waals surface area contributed by atoms with Crippen molar-refractivity contribution in [2.75, 3.05) is 6.61 Å². The van der Waals surface area contributed by atoms with Gasteiger partial charge >= 0.3 is 7.82 Å². The molecule has 0 heterocycles. The molecule has 0 spiro atoms. The number of phosphoric acid groups is 1. The second-order valence-electron chi connectivity index (χ2n) is 5.27. The molecule has 0 aliphatic carbocycles. The van der Waals surface area contributed by atoms with Crippen molar-refractivity contribution >= 4 is 7.82 Å². The van der Waals surface area contributed by atoms with E-state index in [0.717, 1.165) is 0 Å². The van der Waals surface area contributed by atoms with Crippen LogP contribution >= 0.6 is 7.82 Å². The molecule has 0 fully saturated rings. The van der Waals surface area contributed by atoms with E-state index in [1.165, 1.54) is 6.08 Å². The summed E-state index contributed by atoms with van der Waals surface area (Å²) in [5.41, 5.74) is 0. The van der Waals surface area contributed by atoms with Gasteiger partial charge in [0.05, 0.1) is 6.61 Å². The molecule has 0 aliphatic rings. The molecule has 1 N–H and O–H groups in total. The van der Waals surface area contributed by atoms with Crippen LogP contribution in [0.5, 0.6) is 0 Å². The van der Waals surface area contributed by atoms with E-state index < -0.39 is 13.9 Å². The van der Waals surface area contributed by atoms with E-state index in [0.29, 0.717) is 6.42 Å². The van der Waals surface area contributed by atoms with Crippen LogP contribution in [-0.4, -0.2) is 17.6 Å². The maximum atomic E-state index is 11.8. The van der Waals surface area contributed by atoms with Gasteiger partial charge in [-0.2, -0.15) is 0 Å². The predicted molar refractivity (Wildman–Crippen MR) is 140 cm³/mol. The fourth-order valence-electron chi connectivity index (χ4n) is 1.40. The predicted octanol–water partition coefficient (Wildman–Crippen LogP) is 2.15. The molecular formula is C31H15O4P. The first-order chi connectivity index (χ1) is 17.6. The van der Waals surface area contributed by atoms with Crippen molar-refractivity contribution in [3.05, 3.63) is 12.2 Å². The minimum Gasteiger partial charge on any atom is -0.302 e. The quantitative estimate of drug-likeness (QED) is 0.358. The highest BCUT2D eigenvalue weighted by Crippen LogP contribution is 2.44. The molecule has 0 aromatic heterocycles. The molecule has 0 aliphatic heterocycles. The second-order valence-corrected chi connectivity index (χ2v) is 6.67. The molecular weight excluding hydrogens is 467 g/mol. The Bertz CT molecular complexity index is 1620. The zero-order valence-electron chi connectivity index (χ0n) is 19.3. The number of hydrogen-bond donors (Lipinski definition) is 1. The molecule has 2 unspecified atom stereocenters. The van der Waals surface area contributed by atoms with E-state index in [4.69, 9.17) is 15.5 Å². The van der Waals surface area contributed by atoms with Gasteiger partial charge in [-0.3, -0.25) is 9.05 Å². The summed E-state index contributed by atoms with van der Waals surface area (Å²) >= 11 is 0. The molecule has 168 valence electrons. The van der Waals surface area contributed by atoms with Crippen molar-refractivity contribution < 1.29 is 18.5 Å². The third-order valence-electron chi connectivity index (χ3n) is 2.61. The van der Waals surface area contributed by atoms with E-state index >= 15 is 0 Å². The van der Waals surface area contributed by atoms with Gasteiger partial charge in [-0.15, -0.1) is 6.42 Å². The number of terminal acetylenes is 1. The highest BCUT2D eigenvalue weighted by molar-refractivity contribution is 7.47. The van der Waals surface area contributed by atoms with Crippen LogP contribution in [0.15, 0.2) is 12.2 Å². The van der Waals surface area contributed by atoms with Crippen LogP contribution in [0.1, 0.15) is 20.3 Å². The van der Waals surface area contributed by atoms with Crippen molar-refractivity contribution in [3.8, 4) is 143 Å². The third-order valence-corrected chi connectivity index (χ3v) is 3.61. The fraction of sp³-hybridized carbons (Fsp3) is 0.161. The van der Waals surface area contributed by atoms with E-state index in [-0.39, 0.29) is 6.61 Å². The maximum Gasteiger partial charge on any atom is 0.473 e. The summed E-state index contributed by atoms with van der Waals surface area (Å²) in [4.78, 5) is 9.61. The normalized spacial score (nSPS) is 9.28. The zero-order valence-corrected chi connectivity index (χ0v) is 20.2. The molecule has 0 aromatic carbocycles. The van der Waals surface area contributed by atoms with Crippen LogP contribution in [0, 0.1) is 143 Å². The average Bonchev–Trinajstić information content (AvgIpc) is 2.85. The standard InChI is InChI=1S/C31H15O4P/c1-4-7-8-9-10-11-12-13-14-15-16-17-18-19-20-21-22-23-24-25-26-27-29-31(28-5-2)35-36(32,33)34-30-6-3/h1,5,28,31H,6,30H2,2-3H3,(H,32,33)/b28-5+. The van der Waals surface area contributed by atoms with E-state index in [1.54, 1.807) is 19.9 Å². The second kappa shape index (κ2) is 22.8. The Kier molecular flexibility index (Phi) is 19.3. The Morgan fingerprint density at radius 2 is 1.08 bits per heavy atom. The van der Waals surface area contributed by atoms with Crippen LogP contribution < -0.4 is 0 Å². The monoisotopic (exact) mass is 482 g/mol. The zero-order chi connectivity index (χ0) is 26.6. The van der Waals surface area contributed by atoms with Crippen molar-refractivity contribution in [2.45, 2.75) is 26.4 Å². The Hall–Kier alpha value is -5.43. The number of hydrogen-bond acceptors (Lipinski definition) is 3. The largest absolute Gasteiger partial charge is 0.473 e. The van der Waals surface area contributed by atoms with Crippen molar-refractivity contribution in [1.29, 1.82) is 0 Å². The lowest BCUT2D eigenvalue weighted by atomic mass is 10.3. The molecule has 0 bridgehead atoms. The van der Waals surface area contributed by atoms with E-state index in [1.807, 2.05) is 0 Å². The fourth-order valence-corrected chi connectivity index (χ4v) is 2.29. The minimum atomic E-state index is -4.19. The van der Waals surface area contributed by atoms with Crippen LogP contribution in [-0.2, 0) is 13.6 Å². The summed E-state index contributed by atoms with van der Waals surface area (Å²) in [6, 6.07) is 0. The number of allylic oxidation sites excluding steroid dienone is 1. The first-order valence-corrected chi connectivity index (χ1v) is 11.3. The minimum absolute atomic E-state index is 0.0972. The average molecular weight is 482 g/mol. The van der Waals surface area contributed by atoms with Crippen LogP contribution in [0.4, 0.5) is 0 Å². The Labute approximate surface area is 214 Å². The maximum absolute atomic E-state index is 11.8. The molecule has 2 atom stereocenters. The third kappa shape index (κ3) is 21.8. The molecule has 0 radical (unpaired) electrons. The van der Waals surface area contributed by atoms with Gasteiger partial charge in [-0.05, 0) is 114 Å². The molecule has 0 aromatic rings. The molecule has 0 amide bonds. The van der Waals surface area contributed by atoms with Crippen molar-refractivity contribution in [2.24, 2.45) is 0 Å². The van der Waals surface area contributed by atoms with Gasteiger partial charge in [0.2, 0.25) is 0 Å². The van der Waals surface area contributed by atoms with Gasteiger partial charge in [-0.1, -0.05) is 18.9 Å². The summed E-state index contributed by atoms with van der Waals surface area (Å²) in [7, 11) is -4.19. The van der Waals surface area contributed by atoms with Gasteiger partial charge in [0.25, 0.3) is 0 Å². The molecule has 0 saturated carbocycles. The van der Waals surface area contributed by atoms with Gasteiger partial charge in [0.1, 0.15) is 6.10 Å². The Morgan fingerprint density at radius 3 is 1.42 bits per heavy atom. The first-order valence-electron chi connectivity index (χ1n) is 9.80. The molecule has 4 nitrogen and oxygen atoms in total. The van der Waals surface area contributed by atoms with Crippen LogP contribution in [0.2, 0.25) is 0 Å². The highest BCUT2D eigenvalue weighted by Gasteiger charge is 2.23. The van der Waals surface area contributed by atoms with E-state index in [2.05, 4.69) is 136 Å². The molecule has 0 rings (SSSR count). The van der Waals surface area contributed by atoms with Gasteiger partial charge in [0, 0.05) is 35.5 Å². The van der Waals surface area contributed by atoms with E-state index in [9.17, 15) is 9.46 Å². The smallest absolute Gasteiger partial charge is 0.302 e. The SMILES string of the molecule is C#CC#CC#CC#CC#CC#CC#CC#CC#CC#CC#CC#CC(/C=C/C)OP(=O)(O)OCCC. The Balaban J connectivity index is 4.73. The summed E-state index contributed by atoms with van der Waals surface area (Å²) < 4.78 is 21.5. The van der Waals surface area contributed by atoms with Gasteiger partial charge in [-0.25, -0.2) is 4.57 Å². The topological polar surface area (TPSA) is 55.8 Å². The molecule has 0 saturated heterocycles. The summed E-state index contributed by atoms with van der Waals surface area (Å²) in [5, 5.41) is 0. The lowest BCUT2D eigenvalue weighted by molar-refractivity contribution is 0.143. The van der Waals surface area contributed by atoms with Crippen LogP contribution in [0.25, 0.3) is 0 Å². The summed E-state index contributed by atoms with van der Waals surface area (Å²) in [6.45, 7) is 3.62. The first kappa shape index (κ1) is 30.6. The van der Waals surface area contributed by atoms with Gasteiger partial charge < -0.3 is 4.89 Å². The summed E-state index contributed by atoms with van der Waals surface area (Å²) in [6.07, 6.45) is 7.68. The highest BCUT2D eigenvalue weighted by atomic mass is 31.2. The Morgan fingerprint density at radius 1 is 0.722 bits per heavy atom. The molecule has 5 heteroatoms. The number of rotatable bonds is 6. The molecule has 36 heavy (non-hydrogen) atoms. The summed E-state index contributed by atoms with van der Waals surface area (Å²) in [5.74, 6) is 56.4. The van der Waals surface area contributed by atoms with Crippen molar-refractivity contribution in [3.63, 3.8) is 0 Å². The van der Waals surface area contributed by atoms with Crippen molar-refractivity contribution in [1.82, 2.24) is 0 Å². The number of phosphoric ester groups is 1. The lowest BCUT2D eigenvalue weighted by Crippen LogP contribution is -2.07. The van der Waals surface area contributed by atoms with Gasteiger partial charge in [0.15, 0.2) is 0 Å².